The van der Waals surface area contributed by atoms with E-state index in [1.165, 1.54) is 0 Å². The van der Waals surface area contributed by atoms with E-state index >= 15 is 0 Å². The number of rotatable bonds is 5. The van der Waals surface area contributed by atoms with Crippen molar-refractivity contribution >= 4 is 18.0 Å². The number of pyridine rings is 1. The van der Waals surface area contributed by atoms with Crippen molar-refractivity contribution in [3.8, 4) is 17.5 Å². The third-order valence-corrected chi connectivity index (χ3v) is 3.63. The largest absolute Gasteiger partial charge is 0.376 e. The minimum Gasteiger partial charge on any atom is -0.376 e. The summed E-state index contributed by atoms with van der Waals surface area (Å²) >= 11 is 0. The first-order chi connectivity index (χ1) is 11.1. The van der Waals surface area contributed by atoms with Crippen LogP contribution >= 0.6 is 0 Å². The number of aromatic amines is 1. The summed E-state index contributed by atoms with van der Waals surface area (Å²) in [5.41, 5.74) is 3.70. The Morgan fingerprint density at radius 3 is 2.96 bits per heavy atom. The Kier molecular flexibility index (Phi) is 3.96. The summed E-state index contributed by atoms with van der Waals surface area (Å²) in [4.78, 5) is 7.58. The molecule has 6 heteroatoms. The predicted molar refractivity (Wildman–Crippen MR) is 89.2 cm³/mol. The molecule has 116 valence electrons. The van der Waals surface area contributed by atoms with Crippen LogP contribution in [0.3, 0.4) is 0 Å². The zero-order valence-corrected chi connectivity index (χ0v) is 12.8. The van der Waals surface area contributed by atoms with Crippen LogP contribution in [0, 0.1) is 16.7 Å². The van der Waals surface area contributed by atoms with Crippen molar-refractivity contribution in [2.75, 3.05) is 18.5 Å². The number of nitrogens with one attached hydrogen (secondary N) is 3. The number of hydrogen-bond donors (Lipinski definition) is 3. The molecule has 0 saturated carbocycles. The third-order valence-electron chi connectivity index (χ3n) is 3.63. The van der Waals surface area contributed by atoms with Crippen molar-refractivity contribution in [1.82, 2.24) is 9.97 Å². The Bertz CT molecular complexity index is 795. The number of anilines is 1. The smallest absolute Gasteiger partial charge is 0.101 e. The molecule has 1 fully saturated rings. The molecular formula is C17H17N5O. The second-order valence-electron chi connectivity index (χ2n) is 5.79. The summed E-state index contributed by atoms with van der Waals surface area (Å²) in [5.74, 6) is 0. The normalized spacial score (nSPS) is 16.3. The first-order valence-corrected chi connectivity index (χ1v) is 7.25. The Balaban J connectivity index is 1.82. The highest BCUT2D eigenvalue weighted by molar-refractivity contribution is 5.88. The molecule has 0 atom stereocenters. The average molecular weight is 307 g/mol. The highest BCUT2D eigenvalue weighted by Gasteiger charge is 2.33. The number of hydrogen-bond acceptors (Lipinski definition) is 5. The van der Waals surface area contributed by atoms with Gasteiger partial charge in [0, 0.05) is 23.8 Å². The van der Waals surface area contributed by atoms with E-state index in [-0.39, 0.29) is 5.54 Å². The van der Waals surface area contributed by atoms with Gasteiger partial charge < -0.3 is 20.4 Å². The van der Waals surface area contributed by atoms with Crippen LogP contribution in [-0.2, 0) is 4.74 Å². The molecule has 6 nitrogen and oxygen atoms in total. The Morgan fingerprint density at radius 2 is 2.30 bits per heavy atom. The van der Waals surface area contributed by atoms with Crippen molar-refractivity contribution in [2.24, 2.45) is 0 Å². The number of aromatic nitrogens is 2. The fraction of sp³-hybridized carbons (Fsp3) is 0.235. The highest BCUT2D eigenvalue weighted by atomic mass is 16.5. The van der Waals surface area contributed by atoms with Gasteiger partial charge in [-0.15, -0.1) is 0 Å². The van der Waals surface area contributed by atoms with E-state index in [9.17, 15) is 0 Å². The lowest BCUT2D eigenvalue weighted by Gasteiger charge is -2.39. The van der Waals surface area contributed by atoms with Gasteiger partial charge in [0.2, 0.25) is 0 Å². The molecule has 3 heterocycles. The van der Waals surface area contributed by atoms with Gasteiger partial charge in [-0.05, 0) is 37.3 Å². The summed E-state index contributed by atoms with van der Waals surface area (Å²) in [6.07, 6.45) is 4.42. The maximum Gasteiger partial charge on any atom is 0.101 e. The van der Waals surface area contributed by atoms with E-state index in [0.29, 0.717) is 18.8 Å². The summed E-state index contributed by atoms with van der Waals surface area (Å²) in [6.45, 7) is 3.51. The van der Waals surface area contributed by atoms with Crippen LogP contribution in [0.2, 0.25) is 0 Å². The fourth-order valence-electron chi connectivity index (χ4n) is 2.40. The van der Waals surface area contributed by atoms with Crippen LogP contribution in [0.1, 0.15) is 12.6 Å². The molecule has 1 saturated heterocycles. The van der Waals surface area contributed by atoms with Crippen LogP contribution in [0.4, 0.5) is 5.69 Å². The second kappa shape index (κ2) is 6.07. The molecule has 1 aliphatic rings. The number of nitriles is 1. The van der Waals surface area contributed by atoms with Gasteiger partial charge in [-0.25, -0.2) is 0 Å². The Morgan fingerprint density at radius 1 is 1.48 bits per heavy atom. The fourth-order valence-corrected chi connectivity index (χ4v) is 2.40. The van der Waals surface area contributed by atoms with Crippen LogP contribution in [0.25, 0.3) is 17.5 Å². The van der Waals surface area contributed by atoms with E-state index < -0.39 is 0 Å². The van der Waals surface area contributed by atoms with E-state index in [0.717, 1.165) is 29.0 Å². The van der Waals surface area contributed by atoms with Crippen molar-refractivity contribution in [3.05, 3.63) is 41.7 Å². The minimum atomic E-state index is -0.0199. The Hall–Kier alpha value is -2.91. The van der Waals surface area contributed by atoms with Crippen molar-refractivity contribution in [3.63, 3.8) is 0 Å². The lowest BCUT2D eigenvalue weighted by Crippen LogP contribution is -2.53. The number of ether oxygens (including phenoxy) is 1. The lowest BCUT2D eigenvalue weighted by molar-refractivity contribution is -0.0318. The van der Waals surface area contributed by atoms with Gasteiger partial charge in [-0.2, -0.15) is 5.26 Å². The maximum atomic E-state index is 8.87. The predicted octanol–water partition coefficient (Wildman–Crippen LogP) is 2.83. The summed E-state index contributed by atoms with van der Waals surface area (Å²) in [7, 11) is 0. The standard InChI is InChI=1S/C17H17N5O/c1-17(10-23-11-17)22-14-4-5-20-16(7-14)15-3-2-13(21-15)6-12(8-18)9-19/h2-8,18,21H,10-11H2,1H3,(H,20,22)/b12-6+,18-8?. The average Bonchev–Trinajstić information content (AvgIpc) is 3.00. The Labute approximate surface area is 134 Å². The van der Waals surface area contributed by atoms with E-state index in [4.69, 9.17) is 15.4 Å². The van der Waals surface area contributed by atoms with Crippen LogP contribution < -0.4 is 5.32 Å². The van der Waals surface area contributed by atoms with Gasteiger partial charge in [0.25, 0.3) is 0 Å². The molecule has 0 aromatic carbocycles. The summed E-state index contributed by atoms with van der Waals surface area (Å²) in [6, 6.07) is 9.63. The SMILES string of the molecule is CC1(Nc2ccnc(-c3ccc(/C=C(/C#N)C=N)[nH]3)c2)COC1. The number of allylic oxidation sites excluding steroid dienone is 1. The zero-order chi connectivity index (χ0) is 16.3. The van der Waals surface area contributed by atoms with E-state index in [1.807, 2.05) is 30.3 Å². The molecule has 0 bridgehead atoms. The maximum absolute atomic E-state index is 8.87. The first-order valence-electron chi connectivity index (χ1n) is 7.25. The highest BCUT2D eigenvalue weighted by Crippen LogP contribution is 2.25. The zero-order valence-electron chi connectivity index (χ0n) is 12.8. The van der Waals surface area contributed by atoms with Gasteiger partial charge in [0.1, 0.15) is 6.07 Å². The van der Waals surface area contributed by atoms with Crippen LogP contribution in [-0.4, -0.2) is 34.9 Å². The molecule has 3 N–H and O–H groups in total. The van der Waals surface area contributed by atoms with Gasteiger partial charge >= 0.3 is 0 Å². The molecule has 0 unspecified atom stereocenters. The van der Waals surface area contributed by atoms with Crippen molar-refractivity contribution in [2.45, 2.75) is 12.5 Å². The van der Waals surface area contributed by atoms with Crippen LogP contribution in [0.5, 0.6) is 0 Å². The molecule has 23 heavy (non-hydrogen) atoms. The molecule has 2 aromatic rings. The van der Waals surface area contributed by atoms with Gasteiger partial charge in [-0.1, -0.05) is 0 Å². The molecule has 2 aromatic heterocycles. The molecule has 0 radical (unpaired) electrons. The van der Waals surface area contributed by atoms with Crippen LogP contribution in [0.15, 0.2) is 36.0 Å². The molecule has 0 amide bonds. The monoisotopic (exact) mass is 307 g/mol. The van der Waals surface area contributed by atoms with E-state index in [1.54, 1.807) is 12.3 Å². The van der Waals surface area contributed by atoms with Gasteiger partial charge in [-0.3, -0.25) is 4.98 Å². The minimum absolute atomic E-state index is 0.0199. The molecule has 0 spiro atoms. The molecular weight excluding hydrogens is 290 g/mol. The molecule has 3 rings (SSSR count). The first kappa shape index (κ1) is 15.0. The topological polar surface area (TPSA) is 97.6 Å². The third kappa shape index (κ3) is 3.30. The van der Waals surface area contributed by atoms with Crippen molar-refractivity contribution < 1.29 is 4.74 Å². The lowest BCUT2D eigenvalue weighted by atomic mass is 10.0. The summed E-state index contributed by atoms with van der Waals surface area (Å²) < 4.78 is 5.25. The quantitative estimate of drug-likeness (QED) is 0.584. The van der Waals surface area contributed by atoms with E-state index in [2.05, 4.69) is 22.2 Å². The number of H-pyrrole nitrogens is 1. The summed E-state index contributed by atoms with van der Waals surface area (Å²) in [5, 5.41) is 19.5. The van der Waals surface area contributed by atoms with Gasteiger partial charge in [0.15, 0.2) is 0 Å². The van der Waals surface area contributed by atoms with Crippen molar-refractivity contribution in [1.29, 1.82) is 10.7 Å². The molecule has 1 aliphatic heterocycles. The number of nitrogens with zero attached hydrogens (tertiary/aromatic N) is 2. The van der Waals surface area contributed by atoms with Gasteiger partial charge in [0.05, 0.1) is 35.7 Å². The molecule has 0 aliphatic carbocycles. The second-order valence-corrected chi connectivity index (χ2v) is 5.79.